The smallest absolute Gasteiger partial charge is 0.335 e. The van der Waals surface area contributed by atoms with Crippen LogP contribution in [0.4, 0.5) is 5.95 Å². The predicted molar refractivity (Wildman–Crippen MR) is 166 cm³/mol. The van der Waals surface area contributed by atoms with Crippen LogP contribution in [0, 0.1) is 25.2 Å². The Kier molecular flexibility index (Phi) is 9.94. The molecule has 1 heterocycles. The standard InChI is InChI=1S/C32H40N4O7S/c1-19-9-7-10-20(2)28(19)26-16-27(35-31(34-26)36-44(40,41)25-12-8-11-21(15-25)29(37)38)43-18-24(17-32(3,4)5)33-23-13-22(14-23)30(39)42-6/h7-12,15-16,22-24,33H,13-14,17-18H2,1-6H3,(H,37,38)(H,34,35,36)/t22?,23?,24-/m1/s1. The van der Waals surface area contributed by atoms with E-state index in [1.807, 2.05) is 32.0 Å². The molecule has 12 heteroatoms. The molecule has 11 nitrogen and oxygen atoms in total. The molecule has 0 bridgehead atoms. The van der Waals surface area contributed by atoms with Crippen LogP contribution < -0.4 is 14.8 Å². The Balaban J connectivity index is 1.63. The first-order valence-electron chi connectivity index (χ1n) is 14.4. The van der Waals surface area contributed by atoms with Gasteiger partial charge in [0.05, 0.1) is 29.2 Å². The van der Waals surface area contributed by atoms with Gasteiger partial charge in [-0.1, -0.05) is 45.0 Å². The number of carbonyl (C=O) groups is 2. The van der Waals surface area contributed by atoms with E-state index >= 15 is 0 Å². The Labute approximate surface area is 258 Å². The van der Waals surface area contributed by atoms with Gasteiger partial charge >= 0.3 is 11.9 Å². The number of hydrogen-bond acceptors (Lipinski definition) is 9. The van der Waals surface area contributed by atoms with Gasteiger partial charge in [0.2, 0.25) is 11.8 Å². The highest BCUT2D eigenvalue weighted by Crippen LogP contribution is 2.32. The first-order valence-corrected chi connectivity index (χ1v) is 15.9. The number of carboxylic acid groups (broad SMARTS) is 1. The molecule has 1 saturated carbocycles. The molecule has 44 heavy (non-hydrogen) atoms. The van der Waals surface area contributed by atoms with Crippen LogP contribution in [0.3, 0.4) is 0 Å². The summed E-state index contributed by atoms with van der Waals surface area (Å²) in [7, 11) is -2.83. The Hall–Kier alpha value is -4.03. The van der Waals surface area contributed by atoms with Crippen LogP contribution in [0.2, 0.25) is 0 Å². The van der Waals surface area contributed by atoms with Gasteiger partial charge < -0.3 is 19.9 Å². The maximum absolute atomic E-state index is 13.3. The summed E-state index contributed by atoms with van der Waals surface area (Å²) < 4.78 is 40.0. The third-order valence-corrected chi connectivity index (χ3v) is 8.82. The van der Waals surface area contributed by atoms with Crippen molar-refractivity contribution in [3.05, 3.63) is 65.2 Å². The fraction of sp³-hybridized carbons (Fsp3) is 0.438. The van der Waals surface area contributed by atoms with Crippen molar-refractivity contribution in [1.82, 2.24) is 15.3 Å². The lowest BCUT2D eigenvalue weighted by Gasteiger charge is -2.38. The van der Waals surface area contributed by atoms with Crippen LogP contribution in [0.15, 0.2) is 53.4 Å². The van der Waals surface area contributed by atoms with Gasteiger partial charge in [-0.3, -0.25) is 4.79 Å². The molecule has 1 atom stereocenters. The van der Waals surface area contributed by atoms with Crippen LogP contribution in [0.25, 0.3) is 11.3 Å². The molecule has 1 aromatic heterocycles. The maximum atomic E-state index is 13.3. The third kappa shape index (κ3) is 8.32. The molecule has 0 amide bonds. The molecule has 2 aromatic carbocycles. The second-order valence-electron chi connectivity index (χ2n) is 12.4. The number of anilines is 1. The van der Waals surface area contributed by atoms with E-state index in [4.69, 9.17) is 9.47 Å². The molecule has 4 rings (SSSR count). The molecule has 236 valence electrons. The Morgan fingerprint density at radius 1 is 1.05 bits per heavy atom. The summed E-state index contributed by atoms with van der Waals surface area (Å²) in [4.78, 5) is 32.0. The first kappa shape index (κ1) is 32.9. The molecule has 1 fully saturated rings. The van der Waals surface area contributed by atoms with Gasteiger partial charge in [-0.05, 0) is 67.9 Å². The predicted octanol–water partition coefficient (Wildman–Crippen LogP) is 4.98. The number of sulfonamides is 1. The summed E-state index contributed by atoms with van der Waals surface area (Å²) in [5, 5.41) is 12.9. The van der Waals surface area contributed by atoms with Gasteiger partial charge in [0, 0.05) is 23.7 Å². The first-order chi connectivity index (χ1) is 20.6. The van der Waals surface area contributed by atoms with Gasteiger partial charge in [-0.2, -0.15) is 4.98 Å². The molecule has 1 aliphatic rings. The van der Waals surface area contributed by atoms with Gasteiger partial charge in [0.25, 0.3) is 10.0 Å². The summed E-state index contributed by atoms with van der Waals surface area (Å²) in [6.07, 6.45) is 2.15. The third-order valence-electron chi connectivity index (χ3n) is 7.49. The van der Waals surface area contributed by atoms with E-state index in [1.54, 1.807) is 6.07 Å². The van der Waals surface area contributed by atoms with Crippen LogP contribution in [-0.4, -0.2) is 61.2 Å². The van der Waals surface area contributed by atoms with E-state index in [0.717, 1.165) is 29.2 Å². The zero-order chi connectivity index (χ0) is 32.2. The number of nitrogens with one attached hydrogen (secondary N) is 2. The zero-order valence-electron chi connectivity index (χ0n) is 25.9. The number of ether oxygens (including phenoxy) is 2. The van der Waals surface area contributed by atoms with Crippen molar-refractivity contribution in [2.24, 2.45) is 11.3 Å². The lowest BCUT2D eigenvalue weighted by atomic mass is 9.79. The fourth-order valence-electron chi connectivity index (χ4n) is 5.40. The van der Waals surface area contributed by atoms with Crippen LogP contribution >= 0.6 is 0 Å². The molecular weight excluding hydrogens is 584 g/mol. The van der Waals surface area contributed by atoms with Gasteiger partial charge in [0.15, 0.2) is 0 Å². The largest absolute Gasteiger partial charge is 0.478 e. The molecule has 3 N–H and O–H groups in total. The van der Waals surface area contributed by atoms with Crippen LogP contribution in [0.1, 0.15) is 61.5 Å². The summed E-state index contributed by atoms with van der Waals surface area (Å²) in [5.41, 5.74) is 2.99. The Morgan fingerprint density at radius 2 is 1.70 bits per heavy atom. The average molecular weight is 625 g/mol. The quantitative estimate of drug-likeness (QED) is 0.235. The number of carboxylic acids is 1. The number of carbonyl (C=O) groups excluding carboxylic acids is 1. The van der Waals surface area contributed by atoms with Crippen molar-refractivity contribution < 1.29 is 32.6 Å². The number of methoxy groups -OCH3 is 1. The second kappa shape index (κ2) is 13.3. The number of esters is 1. The van der Waals surface area contributed by atoms with Crippen molar-refractivity contribution in [1.29, 1.82) is 0 Å². The number of benzene rings is 2. The van der Waals surface area contributed by atoms with Crippen LogP contribution in [0.5, 0.6) is 5.88 Å². The summed E-state index contributed by atoms with van der Waals surface area (Å²) in [6.45, 7) is 10.5. The lowest BCUT2D eigenvalue weighted by molar-refractivity contribution is -0.149. The number of aromatic nitrogens is 2. The van der Waals surface area contributed by atoms with E-state index in [1.165, 1.54) is 25.3 Å². The normalized spacial score (nSPS) is 17.3. The van der Waals surface area contributed by atoms with Gasteiger partial charge in [0.1, 0.15) is 6.61 Å². The zero-order valence-corrected chi connectivity index (χ0v) is 26.7. The van der Waals surface area contributed by atoms with Crippen molar-refractivity contribution in [2.45, 2.75) is 70.9 Å². The monoisotopic (exact) mass is 624 g/mol. The number of hydrogen-bond donors (Lipinski definition) is 3. The van der Waals surface area contributed by atoms with E-state index in [9.17, 15) is 23.1 Å². The number of aromatic carboxylic acids is 1. The van der Waals surface area contributed by atoms with Crippen LogP contribution in [-0.2, 0) is 19.6 Å². The van der Waals surface area contributed by atoms with Gasteiger partial charge in [-0.15, -0.1) is 0 Å². The molecule has 0 aliphatic heterocycles. The minimum absolute atomic E-state index is 0.0209. The summed E-state index contributed by atoms with van der Waals surface area (Å²) in [6, 6.07) is 12.6. The molecule has 0 radical (unpaired) electrons. The van der Waals surface area contributed by atoms with E-state index in [2.05, 4.69) is 40.8 Å². The Bertz CT molecular complexity index is 1610. The van der Waals surface area contributed by atoms with Crippen molar-refractivity contribution in [3.63, 3.8) is 0 Å². The number of rotatable bonds is 12. The van der Waals surface area contributed by atoms with E-state index < -0.39 is 16.0 Å². The Morgan fingerprint density at radius 3 is 2.32 bits per heavy atom. The van der Waals surface area contributed by atoms with Crippen molar-refractivity contribution in [3.8, 4) is 17.1 Å². The number of aryl methyl sites for hydroxylation is 2. The summed E-state index contributed by atoms with van der Waals surface area (Å²) >= 11 is 0. The lowest BCUT2D eigenvalue weighted by Crippen LogP contribution is -2.51. The highest BCUT2D eigenvalue weighted by atomic mass is 32.2. The van der Waals surface area contributed by atoms with E-state index in [-0.39, 0.29) is 58.3 Å². The highest BCUT2D eigenvalue weighted by Gasteiger charge is 2.37. The second-order valence-corrected chi connectivity index (χ2v) is 14.1. The SMILES string of the molecule is COC(=O)C1CC(N[C@@H](COc2cc(-c3c(C)cccc3C)nc(NS(=O)(=O)c3cccc(C(=O)O)c3)n2)CC(C)(C)C)C1. The summed E-state index contributed by atoms with van der Waals surface area (Å²) in [5.74, 6) is -1.58. The fourth-order valence-corrected chi connectivity index (χ4v) is 6.39. The maximum Gasteiger partial charge on any atom is 0.335 e. The molecule has 0 unspecified atom stereocenters. The van der Waals surface area contributed by atoms with E-state index in [0.29, 0.717) is 18.5 Å². The average Bonchev–Trinajstić information content (AvgIpc) is 2.92. The molecule has 0 spiro atoms. The highest BCUT2D eigenvalue weighted by molar-refractivity contribution is 7.92. The van der Waals surface area contributed by atoms with Crippen molar-refractivity contribution >= 4 is 27.9 Å². The van der Waals surface area contributed by atoms with Crippen molar-refractivity contribution in [2.75, 3.05) is 18.4 Å². The van der Waals surface area contributed by atoms with Gasteiger partial charge in [-0.25, -0.2) is 22.9 Å². The minimum Gasteiger partial charge on any atom is -0.478 e. The molecule has 1 aliphatic carbocycles. The minimum atomic E-state index is -4.23. The number of nitrogens with zero attached hydrogens (tertiary/aromatic N) is 2. The molecule has 0 saturated heterocycles. The molecular formula is C32H40N4O7S. The molecule has 3 aromatic rings. The topological polar surface area (TPSA) is 157 Å².